The summed E-state index contributed by atoms with van der Waals surface area (Å²) in [6.07, 6.45) is 1.30. The Hall–Kier alpha value is -1.93. The van der Waals surface area contributed by atoms with Crippen molar-refractivity contribution in [3.05, 3.63) is 41.8 Å². The van der Waals surface area contributed by atoms with Gasteiger partial charge in [0, 0.05) is 31.0 Å². The molecule has 2 aliphatic heterocycles. The van der Waals surface area contributed by atoms with Crippen LogP contribution >= 0.6 is 0 Å². The van der Waals surface area contributed by atoms with Crippen molar-refractivity contribution in [1.29, 1.82) is 0 Å². The maximum absolute atomic E-state index is 12.4. The van der Waals surface area contributed by atoms with E-state index in [0.29, 0.717) is 25.0 Å². The van der Waals surface area contributed by atoms with Crippen molar-refractivity contribution < 1.29 is 12.8 Å². The summed E-state index contributed by atoms with van der Waals surface area (Å²) in [5, 5.41) is 8.43. The molecular formula is C19H26N4O3S. The zero-order valence-corrected chi connectivity index (χ0v) is 17.0. The van der Waals surface area contributed by atoms with E-state index in [1.807, 2.05) is 51.1 Å². The van der Waals surface area contributed by atoms with Crippen molar-refractivity contribution in [3.8, 4) is 0 Å². The normalized spacial score (nSPS) is 26.5. The Morgan fingerprint density at radius 2 is 1.78 bits per heavy atom. The topological polar surface area (TPSA) is 79.5 Å². The van der Waals surface area contributed by atoms with Gasteiger partial charge in [-0.25, -0.2) is 8.42 Å². The fourth-order valence-electron chi connectivity index (χ4n) is 4.21. The van der Waals surface area contributed by atoms with Crippen LogP contribution in [-0.2, 0) is 15.4 Å². The maximum atomic E-state index is 12.4. The van der Waals surface area contributed by atoms with Gasteiger partial charge < -0.3 is 9.32 Å². The van der Waals surface area contributed by atoms with Gasteiger partial charge in [0.2, 0.25) is 15.9 Å². The van der Waals surface area contributed by atoms with E-state index in [1.54, 1.807) is 4.31 Å². The van der Waals surface area contributed by atoms with Crippen molar-refractivity contribution in [2.24, 2.45) is 11.8 Å². The predicted molar refractivity (Wildman–Crippen MR) is 103 cm³/mol. The second-order valence-electron chi connectivity index (χ2n) is 8.66. The molecule has 8 heteroatoms. The van der Waals surface area contributed by atoms with Crippen molar-refractivity contribution >= 4 is 16.0 Å². The molecule has 27 heavy (non-hydrogen) atoms. The van der Waals surface area contributed by atoms with Crippen LogP contribution in [0.15, 0.2) is 34.7 Å². The van der Waals surface area contributed by atoms with Crippen molar-refractivity contribution in [2.45, 2.75) is 32.2 Å². The largest absolute Gasteiger partial charge is 0.407 e. The number of nitrogens with zero attached hydrogens (tertiary/aromatic N) is 4. The van der Waals surface area contributed by atoms with Gasteiger partial charge >= 0.3 is 6.01 Å². The van der Waals surface area contributed by atoms with Gasteiger partial charge in [0.05, 0.1) is 12.3 Å². The number of hydrogen-bond donors (Lipinski definition) is 0. The number of sulfonamides is 1. The van der Waals surface area contributed by atoms with Crippen LogP contribution in [0.2, 0.25) is 0 Å². The first kappa shape index (κ1) is 18.4. The first-order valence-corrected chi connectivity index (χ1v) is 11.1. The van der Waals surface area contributed by atoms with E-state index in [4.69, 9.17) is 4.42 Å². The zero-order chi connectivity index (χ0) is 19.4. The highest BCUT2D eigenvalue weighted by Gasteiger charge is 2.51. The highest BCUT2D eigenvalue weighted by molar-refractivity contribution is 7.88. The number of rotatable bonds is 3. The van der Waals surface area contributed by atoms with Crippen LogP contribution in [0, 0.1) is 11.8 Å². The van der Waals surface area contributed by atoms with Gasteiger partial charge in [-0.3, -0.25) is 0 Å². The SMILES string of the molecule is CC(C)(C)c1nnc(N2C[C@@H]3CN(S(C)(=O)=O)[C@@H](c4ccccc4)[C@@H]3C2)o1. The minimum absolute atomic E-state index is 0.152. The molecule has 2 fully saturated rings. The van der Waals surface area contributed by atoms with Crippen LogP contribution in [0.4, 0.5) is 6.01 Å². The molecule has 0 saturated carbocycles. The lowest BCUT2D eigenvalue weighted by molar-refractivity contribution is 0.348. The molecule has 0 aliphatic carbocycles. The van der Waals surface area contributed by atoms with E-state index < -0.39 is 10.0 Å². The molecule has 4 rings (SSSR count). The van der Waals surface area contributed by atoms with Crippen LogP contribution in [0.5, 0.6) is 0 Å². The molecule has 3 atom stereocenters. The molecule has 0 bridgehead atoms. The standard InChI is InChI=1S/C19H26N4O3S/c1-19(2,3)17-20-21-18(26-17)22-10-14-11-23(27(4,24)25)16(15(14)12-22)13-8-6-5-7-9-13/h5-9,14-16H,10-12H2,1-4H3/t14-,15-,16+/m1/s1. The Labute approximate surface area is 160 Å². The van der Waals surface area contributed by atoms with Crippen molar-refractivity contribution in [2.75, 3.05) is 30.8 Å². The summed E-state index contributed by atoms with van der Waals surface area (Å²) in [5.41, 5.74) is 0.846. The number of benzene rings is 1. The van der Waals surface area contributed by atoms with Gasteiger partial charge in [-0.2, -0.15) is 4.31 Å². The lowest BCUT2D eigenvalue weighted by Gasteiger charge is -2.27. The first-order chi connectivity index (χ1) is 12.6. The van der Waals surface area contributed by atoms with Crippen LogP contribution in [0.1, 0.15) is 38.3 Å². The number of fused-ring (bicyclic) bond motifs is 1. The molecule has 7 nitrogen and oxygen atoms in total. The van der Waals surface area contributed by atoms with Crippen LogP contribution in [0.3, 0.4) is 0 Å². The highest BCUT2D eigenvalue weighted by Crippen LogP contribution is 2.46. The summed E-state index contributed by atoms with van der Waals surface area (Å²) in [4.78, 5) is 2.10. The lowest BCUT2D eigenvalue weighted by atomic mass is 9.90. The Morgan fingerprint density at radius 1 is 1.07 bits per heavy atom. The monoisotopic (exact) mass is 390 g/mol. The Morgan fingerprint density at radius 3 is 2.37 bits per heavy atom. The molecule has 3 heterocycles. The molecular weight excluding hydrogens is 364 g/mol. The van der Waals surface area contributed by atoms with Crippen molar-refractivity contribution in [3.63, 3.8) is 0 Å². The van der Waals surface area contributed by atoms with Crippen molar-refractivity contribution in [1.82, 2.24) is 14.5 Å². The molecule has 146 valence electrons. The third-order valence-corrected chi connectivity index (χ3v) is 6.74. The summed E-state index contributed by atoms with van der Waals surface area (Å²) in [6, 6.07) is 10.3. The van der Waals surface area contributed by atoms with Gasteiger partial charge in [-0.15, -0.1) is 5.10 Å². The second-order valence-corrected chi connectivity index (χ2v) is 10.6. The van der Waals surface area contributed by atoms with E-state index in [-0.39, 0.29) is 23.3 Å². The van der Waals surface area contributed by atoms with E-state index in [0.717, 1.165) is 12.1 Å². The minimum Gasteiger partial charge on any atom is -0.407 e. The highest BCUT2D eigenvalue weighted by atomic mass is 32.2. The van der Waals surface area contributed by atoms with Gasteiger partial charge in [0.15, 0.2) is 0 Å². The maximum Gasteiger partial charge on any atom is 0.318 e. The fraction of sp³-hybridized carbons (Fsp3) is 0.579. The third kappa shape index (κ3) is 3.36. The van der Waals surface area contributed by atoms with Gasteiger partial charge in [0.25, 0.3) is 0 Å². The predicted octanol–water partition coefficient (Wildman–Crippen LogP) is 2.44. The van der Waals surface area contributed by atoms with E-state index in [2.05, 4.69) is 15.1 Å². The van der Waals surface area contributed by atoms with Gasteiger partial charge in [-0.1, -0.05) is 56.2 Å². The molecule has 1 aromatic heterocycles. The molecule has 2 aliphatic rings. The summed E-state index contributed by atoms with van der Waals surface area (Å²) in [7, 11) is -3.28. The summed E-state index contributed by atoms with van der Waals surface area (Å²) >= 11 is 0. The van der Waals surface area contributed by atoms with Crippen LogP contribution < -0.4 is 4.90 Å². The molecule has 0 N–H and O–H groups in total. The summed E-state index contributed by atoms with van der Waals surface area (Å²) < 4.78 is 32.3. The number of anilines is 1. The van der Waals surface area contributed by atoms with E-state index >= 15 is 0 Å². The first-order valence-electron chi connectivity index (χ1n) is 9.25. The van der Waals surface area contributed by atoms with E-state index in [9.17, 15) is 8.42 Å². The molecule has 0 amide bonds. The lowest BCUT2D eigenvalue weighted by Crippen LogP contribution is -2.35. The third-order valence-electron chi connectivity index (χ3n) is 5.52. The second kappa shape index (κ2) is 6.31. The molecule has 2 saturated heterocycles. The Balaban J connectivity index is 1.62. The molecule has 0 unspecified atom stereocenters. The Kier molecular flexibility index (Phi) is 4.31. The average Bonchev–Trinajstić information content (AvgIpc) is 3.27. The molecule has 0 spiro atoms. The van der Waals surface area contributed by atoms with Gasteiger partial charge in [-0.05, 0) is 11.5 Å². The average molecular weight is 391 g/mol. The summed E-state index contributed by atoms with van der Waals surface area (Å²) in [5.74, 6) is 1.06. The Bertz CT molecular complexity index is 920. The number of hydrogen-bond acceptors (Lipinski definition) is 6. The zero-order valence-electron chi connectivity index (χ0n) is 16.2. The van der Waals surface area contributed by atoms with Crippen LogP contribution in [0.25, 0.3) is 0 Å². The quantitative estimate of drug-likeness (QED) is 0.801. The number of aromatic nitrogens is 2. The van der Waals surface area contributed by atoms with Crippen LogP contribution in [-0.4, -0.2) is 48.8 Å². The smallest absolute Gasteiger partial charge is 0.318 e. The molecule has 1 aromatic carbocycles. The fourth-order valence-corrected chi connectivity index (χ4v) is 5.37. The molecule has 0 radical (unpaired) electrons. The molecule has 2 aromatic rings. The minimum atomic E-state index is -3.28. The van der Waals surface area contributed by atoms with Gasteiger partial charge in [0.1, 0.15) is 0 Å². The van der Waals surface area contributed by atoms with E-state index in [1.165, 1.54) is 6.26 Å². The summed E-state index contributed by atoms with van der Waals surface area (Å²) in [6.45, 7) is 8.09.